The number of benzene rings is 2. The highest BCUT2D eigenvalue weighted by Crippen LogP contribution is 2.39. The lowest BCUT2D eigenvalue weighted by atomic mass is 9.91. The van der Waals surface area contributed by atoms with Crippen molar-refractivity contribution in [1.82, 2.24) is 0 Å². The topological polar surface area (TPSA) is 38.8 Å². The van der Waals surface area contributed by atoms with Gasteiger partial charge < -0.3 is 9.47 Å². The third kappa shape index (κ3) is 3.90. The van der Waals surface area contributed by atoms with Crippen LogP contribution in [0.2, 0.25) is 0 Å². The molecular formula is C23H25NO3. The molecule has 2 aromatic rings. The Balaban J connectivity index is 2.05. The van der Waals surface area contributed by atoms with Crippen molar-refractivity contribution in [2.75, 3.05) is 12.0 Å². The zero-order valence-electron chi connectivity index (χ0n) is 16.0. The van der Waals surface area contributed by atoms with E-state index >= 15 is 0 Å². The minimum Gasteiger partial charge on any atom is -0.497 e. The maximum Gasteiger partial charge on any atom is 0.419 e. The molecule has 1 aliphatic rings. The molecule has 2 aromatic carbocycles. The molecule has 1 heterocycles. The summed E-state index contributed by atoms with van der Waals surface area (Å²) < 4.78 is 10.9. The second-order valence-electron chi connectivity index (χ2n) is 7.01. The molecule has 1 saturated heterocycles. The van der Waals surface area contributed by atoms with Crippen molar-refractivity contribution in [1.29, 1.82) is 0 Å². The van der Waals surface area contributed by atoms with Crippen molar-refractivity contribution < 1.29 is 14.3 Å². The van der Waals surface area contributed by atoms with Gasteiger partial charge in [0.05, 0.1) is 18.5 Å². The Bertz CT molecular complexity index is 838. The molecule has 4 heteroatoms. The second kappa shape index (κ2) is 7.70. The van der Waals surface area contributed by atoms with Gasteiger partial charge >= 0.3 is 6.09 Å². The average Bonchev–Trinajstić information content (AvgIpc) is 2.90. The Morgan fingerprint density at radius 1 is 1.15 bits per heavy atom. The van der Waals surface area contributed by atoms with Gasteiger partial charge in [-0.05, 0) is 50.1 Å². The van der Waals surface area contributed by atoms with Gasteiger partial charge in [0.2, 0.25) is 0 Å². The van der Waals surface area contributed by atoms with Crippen LogP contribution in [0.25, 0.3) is 0 Å². The molecule has 0 saturated carbocycles. The van der Waals surface area contributed by atoms with Gasteiger partial charge in [0.15, 0.2) is 0 Å². The van der Waals surface area contributed by atoms with Gasteiger partial charge in [-0.15, -0.1) is 6.58 Å². The number of carbonyl (C=O) groups is 1. The molecular weight excluding hydrogens is 338 g/mol. The number of carbonyl (C=O) groups excluding carboxylic acids is 1. The van der Waals surface area contributed by atoms with Gasteiger partial charge in [0.25, 0.3) is 0 Å². The zero-order valence-corrected chi connectivity index (χ0v) is 16.0. The third-order valence-corrected chi connectivity index (χ3v) is 4.72. The maximum atomic E-state index is 12.6. The van der Waals surface area contributed by atoms with Gasteiger partial charge in [-0.25, -0.2) is 9.69 Å². The highest BCUT2D eigenvalue weighted by atomic mass is 16.6. The summed E-state index contributed by atoms with van der Waals surface area (Å²) in [5, 5.41) is 0. The van der Waals surface area contributed by atoms with Gasteiger partial charge in [-0.1, -0.05) is 42.5 Å². The smallest absolute Gasteiger partial charge is 0.419 e. The number of anilines is 1. The SMILES string of the molecule is C=CC[C@@H](/C=C1/N(c2ccc(OC)cc2)C(=O)OC1(C)C)c1ccccc1. The predicted octanol–water partition coefficient (Wildman–Crippen LogP) is 5.67. The molecule has 3 rings (SSSR count). The lowest BCUT2D eigenvalue weighted by molar-refractivity contribution is 0.0983. The van der Waals surface area contributed by atoms with E-state index in [1.165, 1.54) is 5.56 Å². The van der Waals surface area contributed by atoms with Crippen molar-refractivity contribution in [3.63, 3.8) is 0 Å². The number of methoxy groups -OCH3 is 1. The van der Waals surface area contributed by atoms with E-state index in [0.29, 0.717) is 0 Å². The Morgan fingerprint density at radius 2 is 1.81 bits per heavy atom. The van der Waals surface area contributed by atoms with Crippen LogP contribution in [0.5, 0.6) is 5.75 Å². The summed E-state index contributed by atoms with van der Waals surface area (Å²) in [6.07, 6.45) is 4.42. The van der Waals surface area contributed by atoms with Crippen LogP contribution in [0.15, 0.2) is 79.0 Å². The summed E-state index contributed by atoms with van der Waals surface area (Å²) in [6, 6.07) is 17.6. The molecule has 1 atom stereocenters. The number of amides is 1. The monoisotopic (exact) mass is 363 g/mol. The molecule has 0 unspecified atom stereocenters. The number of hydrogen-bond donors (Lipinski definition) is 0. The normalized spacial score (nSPS) is 18.3. The quantitative estimate of drug-likeness (QED) is 0.620. The first-order valence-electron chi connectivity index (χ1n) is 9.01. The largest absolute Gasteiger partial charge is 0.497 e. The second-order valence-corrected chi connectivity index (χ2v) is 7.01. The van der Waals surface area contributed by atoms with Crippen LogP contribution < -0.4 is 9.64 Å². The number of rotatable bonds is 6. The number of cyclic esters (lactones) is 1. The Kier molecular flexibility index (Phi) is 5.36. The zero-order chi connectivity index (χ0) is 19.4. The van der Waals surface area contributed by atoms with E-state index in [9.17, 15) is 4.79 Å². The van der Waals surface area contributed by atoms with E-state index in [4.69, 9.17) is 9.47 Å². The summed E-state index contributed by atoms with van der Waals surface area (Å²) in [5.74, 6) is 0.846. The van der Waals surface area contributed by atoms with Crippen LogP contribution in [-0.2, 0) is 4.74 Å². The fraction of sp³-hybridized carbons (Fsp3) is 0.261. The van der Waals surface area contributed by atoms with Crippen molar-refractivity contribution in [2.24, 2.45) is 0 Å². The number of ether oxygens (including phenoxy) is 2. The van der Waals surface area contributed by atoms with E-state index < -0.39 is 5.60 Å². The van der Waals surface area contributed by atoms with Crippen molar-refractivity contribution in [3.05, 3.63) is 84.6 Å². The summed E-state index contributed by atoms with van der Waals surface area (Å²) in [7, 11) is 1.62. The molecule has 0 bridgehead atoms. The number of nitrogens with zero attached hydrogens (tertiary/aromatic N) is 1. The van der Waals surface area contributed by atoms with E-state index in [-0.39, 0.29) is 12.0 Å². The third-order valence-electron chi connectivity index (χ3n) is 4.72. The van der Waals surface area contributed by atoms with Gasteiger partial charge in [-0.3, -0.25) is 0 Å². The van der Waals surface area contributed by atoms with Crippen molar-refractivity contribution in [3.8, 4) is 5.75 Å². The summed E-state index contributed by atoms with van der Waals surface area (Å²) in [5.41, 5.74) is 2.04. The first-order chi connectivity index (χ1) is 13.0. The van der Waals surface area contributed by atoms with Gasteiger partial charge in [0, 0.05) is 5.92 Å². The van der Waals surface area contributed by atoms with Crippen LogP contribution in [0.1, 0.15) is 31.7 Å². The van der Waals surface area contributed by atoms with Crippen LogP contribution in [0, 0.1) is 0 Å². The van der Waals surface area contributed by atoms with E-state index in [1.807, 2.05) is 62.4 Å². The molecule has 1 amide bonds. The highest BCUT2D eigenvalue weighted by molar-refractivity contribution is 5.95. The highest BCUT2D eigenvalue weighted by Gasteiger charge is 2.44. The lowest BCUT2D eigenvalue weighted by Gasteiger charge is -2.23. The fourth-order valence-corrected chi connectivity index (χ4v) is 3.31. The van der Waals surface area contributed by atoms with Crippen LogP contribution >= 0.6 is 0 Å². The predicted molar refractivity (Wildman–Crippen MR) is 108 cm³/mol. The van der Waals surface area contributed by atoms with Crippen molar-refractivity contribution >= 4 is 11.8 Å². The Labute approximate surface area is 160 Å². The lowest BCUT2D eigenvalue weighted by Crippen LogP contribution is -2.26. The van der Waals surface area contributed by atoms with E-state index in [0.717, 1.165) is 23.6 Å². The molecule has 4 nitrogen and oxygen atoms in total. The van der Waals surface area contributed by atoms with Gasteiger partial charge in [0.1, 0.15) is 11.4 Å². The maximum absolute atomic E-state index is 12.6. The molecule has 1 aliphatic heterocycles. The minimum absolute atomic E-state index is 0.105. The summed E-state index contributed by atoms with van der Waals surface area (Å²) in [4.78, 5) is 14.3. The fourth-order valence-electron chi connectivity index (χ4n) is 3.31. The molecule has 140 valence electrons. The average molecular weight is 363 g/mol. The molecule has 0 aliphatic carbocycles. The molecule has 0 N–H and O–H groups in total. The summed E-state index contributed by atoms with van der Waals surface area (Å²) in [6.45, 7) is 7.72. The van der Waals surface area contributed by atoms with Crippen LogP contribution in [-0.4, -0.2) is 18.8 Å². The Morgan fingerprint density at radius 3 is 2.41 bits per heavy atom. The first kappa shape index (κ1) is 18.8. The van der Waals surface area contributed by atoms with Crippen LogP contribution in [0.3, 0.4) is 0 Å². The molecule has 0 spiro atoms. The Hall–Kier alpha value is -3.01. The molecule has 0 aromatic heterocycles. The van der Waals surface area contributed by atoms with Crippen LogP contribution in [0.4, 0.5) is 10.5 Å². The minimum atomic E-state index is -0.717. The molecule has 0 radical (unpaired) electrons. The standard InChI is InChI=1S/C23H25NO3/c1-5-9-18(17-10-7-6-8-11-17)16-21-23(2,3)27-22(25)24(21)19-12-14-20(26-4)15-13-19/h5-8,10-16,18H,1,9H2,2-4H3/b21-16+/t18-/m0/s1. The first-order valence-corrected chi connectivity index (χ1v) is 9.01. The van der Waals surface area contributed by atoms with Crippen molar-refractivity contribution in [2.45, 2.75) is 31.8 Å². The van der Waals surface area contributed by atoms with E-state index in [2.05, 4.69) is 24.8 Å². The number of allylic oxidation sites excluding steroid dienone is 2. The number of hydrogen-bond acceptors (Lipinski definition) is 3. The molecule has 1 fully saturated rings. The van der Waals surface area contributed by atoms with Gasteiger partial charge in [-0.2, -0.15) is 0 Å². The van der Waals surface area contributed by atoms with E-state index in [1.54, 1.807) is 12.0 Å². The molecule has 27 heavy (non-hydrogen) atoms. The summed E-state index contributed by atoms with van der Waals surface area (Å²) >= 11 is 0.